The van der Waals surface area contributed by atoms with Crippen LogP contribution in [0.5, 0.6) is 0 Å². The van der Waals surface area contributed by atoms with Crippen LogP contribution < -0.4 is 10.2 Å². The molecular formula is C12H15BrN4S. The molecule has 6 heteroatoms. The van der Waals surface area contributed by atoms with Gasteiger partial charge in [-0.3, -0.25) is 0 Å². The lowest BCUT2D eigenvalue weighted by molar-refractivity contribution is 0.891. The van der Waals surface area contributed by atoms with E-state index < -0.39 is 0 Å². The van der Waals surface area contributed by atoms with Crippen molar-refractivity contribution in [3.8, 4) is 0 Å². The molecule has 96 valence electrons. The molecule has 0 saturated heterocycles. The number of thiophene rings is 1. The SMILES string of the molecule is CNc1nc(C)cc(N(C)Cc2csc(Br)c2)n1. The van der Waals surface area contributed by atoms with Crippen molar-refractivity contribution in [2.45, 2.75) is 13.5 Å². The Labute approximate surface area is 119 Å². The van der Waals surface area contributed by atoms with E-state index in [4.69, 9.17) is 0 Å². The van der Waals surface area contributed by atoms with Crippen LogP contribution in [0.4, 0.5) is 11.8 Å². The Morgan fingerprint density at radius 2 is 2.17 bits per heavy atom. The monoisotopic (exact) mass is 326 g/mol. The fraction of sp³-hybridized carbons (Fsp3) is 0.333. The van der Waals surface area contributed by atoms with E-state index in [2.05, 4.69) is 47.6 Å². The zero-order valence-electron chi connectivity index (χ0n) is 10.6. The number of nitrogens with zero attached hydrogens (tertiary/aromatic N) is 3. The van der Waals surface area contributed by atoms with Gasteiger partial charge in [0.15, 0.2) is 0 Å². The zero-order chi connectivity index (χ0) is 13.1. The smallest absolute Gasteiger partial charge is 0.224 e. The number of rotatable bonds is 4. The maximum atomic E-state index is 4.45. The number of hydrogen-bond acceptors (Lipinski definition) is 5. The molecule has 0 bridgehead atoms. The Morgan fingerprint density at radius 3 is 2.78 bits per heavy atom. The van der Waals surface area contributed by atoms with E-state index in [0.717, 1.165) is 21.8 Å². The van der Waals surface area contributed by atoms with Gasteiger partial charge in [0.2, 0.25) is 5.95 Å². The molecule has 0 aliphatic heterocycles. The first-order chi connectivity index (χ1) is 8.58. The normalized spacial score (nSPS) is 10.4. The fourth-order valence-corrected chi connectivity index (χ4v) is 2.84. The molecule has 18 heavy (non-hydrogen) atoms. The van der Waals surface area contributed by atoms with E-state index in [-0.39, 0.29) is 0 Å². The van der Waals surface area contributed by atoms with E-state index in [1.54, 1.807) is 11.3 Å². The summed E-state index contributed by atoms with van der Waals surface area (Å²) in [4.78, 5) is 10.9. The van der Waals surface area contributed by atoms with Crippen molar-refractivity contribution in [2.24, 2.45) is 0 Å². The van der Waals surface area contributed by atoms with E-state index in [9.17, 15) is 0 Å². The topological polar surface area (TPSA) is 41.1 Å². The molecule has 0 radical (unpaired) electrons. The second-order valence-corrected chi connectivity index (χ2v) is 6.35. The number of nitrogens with one attached hydrogen (secondary N) is 1. The van der Waals surface area contributed by atoms with Crippen molar-refractivity contribution in [1.29, 1.82) is 0 Å². The van der Waals surface area contributed by atoms with Gasteiger partial charge in [-0.25, -0.2) is 4.98 Å². The van der Waals surface area contributed by atoms with Gasteiger partial charge < -0.3 is 10.2 Å². The average molecular weight is 327 g/mol. The molecule has 0 amide bonds. The van der Waals surface area contributed by atoms with Gasteiger partial charge in [0, 0.05) is 32.4 Å². The molecule has 0 atom stereocenters. The summed E-state index contributed by atoms with van der Waals surface area (Å²) in [6, 6.07) is 4.12. The van der Waals surface area contributed by atoms with Crippen LogP contribution in [0, 0.1) is 6.92 Å². The molecular weight excluding hydrogens is 312 g/mol. The van der Waals surface area contributed by atoms with Crippen LogP contribution in [0.1, 0.15) is 11.3 Å². The first-order valence-corrected chi connectivity index (χ1v) is 7.23. The van der Waals surface area contributed by atoms with Crippen LogP contribution in [0.3, 0.4) is 0 Å². The molecule has 2 rings (SSSR count). The van der Waals surface area contributed by atoms with Crippen LogP contribution in [-0.4, -0.2) is 24.1 Å². The number of hydrogen-bond donors (Lipinski definition) is 1. The maximum absolute atomic E-state index is 4.45. The third kappa shape index (κ3) is 3.20. The summed E-state index contributed by atoms with van der Waals surface area (Å²) in [5, 5.41) is 5.12. The van der Waals surface area contributed by atoms with Crippen LogP contribution in [0.25, 0.3) is 0 Å². The second-order valence-electron chi connectivity index (χ2n) is 4.06. The fourth-order valence-electron chi connectivity index (χ4n) is 1.64. The number of aryl methyl sites for hydroxylation is 1. The van der Waals surface area contributed by atoms with Crippen LogP contribution >= 0.6 is 27.3 Å². The van der Waals surface area contributed by atoms with E-state index in [1.807, 2.05) is 27.1 Å². The molecule has 0 aliphatic carbocycles. The molecule has 1 N–H and O–H groups in total. The Kier molecular flexibility index (Phi) is 4.19. The summed E-state index contributed by atoms with van der Waals surface area (Å²) in [6.45, 7) is 2.81. The molecule has 0 fully saturated rings. The summed E-state index contributed by atoms with van der Waals surface area (Å²) in [5.74, 6) is 1.58. The van der Waals surface area contributed by atoms with Crippen molar-refractivity contribution in [1.82, 2.24) is 9.97 Å². The highest BCUT2D eigenvalue weighted by Crippen LogP contribution is 2.23. The van der Waals surface area contributed by atoms with Crippen molar-refractivity contribution in [2.75, 3.05) is 24.3 Å². The lowest BCUT2D eigenvalue weighted by Gasteiger charge is -2.18. The summed E-state index contributed by atoms with van der Waals surface area (Å²) < 4.78 is 1.15. The molecule has 0 unspecified atom stereocenters. The Hall–Kier alpha value is -1.14. The van der Waals surface area contributed by atoms with Crippen molar-refractivity contribution < 1.29 is 0 Å². The maximum Gasteiger partial charge on any atom is 0.224 e. The molecule has 0 saturated carbocycles. The molecule has 0 spiro atoms. The summed E-state index contributed by atoms with van der Waals surface area (Å²) >= 11 is 5.17. The molecule has 2 heterocycles. The Morgan fingerprint density at radius 1 is 1.39 bits per heavy atom. The van der Waals surface area contributed by atoms with Crippen LogP contribution in [0.15, 0.2) is 21.3 Å². The standard InChI is InChI=1S/C12H15BrN4S/c1-8-4-11(16-12(14-2)15-8)17(3)6-9-5-10(13)18-7-9/h4-5,7H,6H2,1-3H3,(H,14,15,16). The molecule has 2 aromatic rings. The molecule has 4 nitrogen and oxygen atoms in total. The highest BCUT2D eigenvalue weighted by atomic mass is 79.9. The summed E-state index contributed by atoms with van der Waals surface area (Å²) in [6.07, 6.45) is 0. The third-order valence-electron chi connectivity index (χ3n) is 2.50. The van der Waals surface area contributed by atoms with Crippen LogP contribution in [0.2, 0.25) is 0 Å². The number of halogens is 1. The summed E-state index contributed by atoms with van der Waals surface area (Å²) in [5.41, 5.74) is 2.24. The minimum atomic E-state index is 0.656. The van der Waals surface area contributed by atoms with Crippen LogP contribution in [-0.2, 0) is 6.54 Å². The van der Waals surface area contributed by atoms with Gasteiger partial charge in [-0.15, -0.1) is 11.3 Å². The van der Waals surface area contributed by atoms with Crippen molar-refractivity contribution in [3.63, 3.8) is 0 Å². The van der Waals surface area contributed by atoms with Gasteiger partial charge in [-0.1, -0.05) is 0 Å². The molecule has 0 aromatic carbocycles. The van der Waals surface area contributed by atoms with E-state index in [0.29, 0.717) is 5.95 Å². The number of aromatic nitrogens is 2. The van der Waals surface area contributed by atoms with E-state index in [1.165, 1.54) is 5.56 Å². The minimum absolute atomic E-state index is 0.656. The van der Waals surface area contributed by atoms with Crippen molar-refractivity contribution in [3.05, 3.63) is 32.6 Å². The Balaban J connectivity index is 2.17. The average Bonchev–Trinajstić information content (AvgIpc) is 2.73. The molecule has 2 aromatic heterocycles. The lowest BCUT2D eigenvalue weighted by atomic mass is 10.3. The van der Waals surface area contributed by atoms with Gasteiger partial charge in [-0.2, -0.15) is 4.98 Å². The van der Waals surface area contributed by atoms with Crippen molar-refractivity contribution >= 4 is 39.0 Å². The largest absolute Gasteiger partial charge is 0.357 e. The quantitative estimate of drug-likeness (QED) is 0.936. The predicted molar refractivity (Wildman–Crippen MR) is 80.4 cm³/mol. The second kappa shape index (κ2) is 5.67. The zero-order valence-corrected chi connectivity index (χ0v) is 13.0. The summed E-state index contributed by atoms with van der Waals surface area (Å²) in [7, 11) is 3.86. The predicted octanol–water partition coefficient (Wildman–Crippen LogP) is 3.29. The third-order valence-corrected chi connectivity index (χ3v) is 4.05. The highest BCUT2D eigenvalue weighted by Gasteiger charge is 2.07. The lowest BCUT2D eigenvalue weighted by Crippen LogP contribution is -2.18. The molecule has 0 aliphatic rings. The van der Waals surface area contributed by atoms with Gasteiger partial charge >= 0.3 is 0 Å². The van der Waals surface area contributed by atoms with Gasteiger partial charge in [-0.05, 0) is 39.9 Å². The first-order valence-electron chi connectivity index (χ1n) is 5.56. The minimum Gasteiger partial charge on any atom is -0.357 e. The number of anilines is 2. The van der Waals surface area contributed by atoms with Gasteiger partial charge in [0.1, 0.15) is 5.82 Å². The highest BCUT2D eigenvalue weighted by molar-refractivity contribution is 9.11. The van der Waals surface area contributed by atoms with Gasteiger partial charge in [0.25, 0.3) is 0 Å². The first kappa shape index (κ1) is 13.3. The van der Waals surface area contributed by atoms with E-state index >= 15 is 0 Å². The Bertz CT molecular complexity index is 541. The van der Waals surface area contributed by atoms with Gasteiger partial charge in [0.05, 0.1) is 3.79 Å².